The number of thiazole rings is 1. The van der Waals surface area contributed by atoms with Crippen LogP contribution < -0.4 is 15.8 Å². The van der Waals surface area contributed by atoms with Crippen molar-refractivity contribution in [1.29, 1.82) is 0 Å². The number of nitrogens with zero attached hydrogens (tertiary/aromatic N) is 1. The van der Waals surface area contributed by atoms with E-state index < -0.39 is 5.91 Å². The van der Waals surface area contributed by atoms with Crippen molar-refractivity contribution in [3.8, 4) is 17.0 Å². The summed E-state index contributed by atoms with van der Waals surface area (Å²) in [7, 11) is 0. The molecule has 1 heterocycles. The molecule has 0 saturated carbocycles. The van der Waals surface area contributed by atoms with Gasteiger partial charge >= 0.3 is 0 Å². The third-order valence-electron chi connectivity index (χ3n) is 3.82. The standard InChI is InChI=1S/C20H19N3O3S/c1-13-23-18(12-27-13)15-4-2-14(3-5-15)10-22-20(25)16-6-8-17(9-7-16)26-11-19(21)24/h2-9,12H,10-11H2,1H3,(H2,21,24)(H,22,25). The SMILES string of the molecule is Cc1nc(-c2ccc(CNC(=O)c3ccc(OCC(N)=O)cc3)cc2)cs1. The number of carbonyl (C=O) groups excluding carboxylic acids is 2. The fraction of sp³-hybridized carbons (Fsp3) is 0.150. The zero-order chi connectivity index (χ0) is 19.2. The van der Waals surface area contributed by atoms with E-state index in [-0.39, 0.29) is 12.5 Å². The van der Waals surface area contributed by atoms with Gasteiger partial charge in [-0.2, -0.15) is 0 Å². The van der Waals surface area contributed by atoms with Crippen LogP contribution in [-0.2, 0) is 11.3 Å². The number of nitrogens with two attached hydrogens (primary N) is 1. The zero-order valence-electron chi connectivity index (χ0n) is 14.8. The van der Waals surface area contributed by atoms with Crippen LogP contribution in [0.1, 0.15) is 20.9 Å². The van der Waals surface area contributed by atoms with Gasteiger partial charge < -0.3 is 15.8 Å². The monoisotopic (exact) mass is 381 g/mol. The van der Waals surface area contributed by atoms with Gasteiger partial charge in [0, 0.05) is 23.1 Å². The quantitative estimate of drug-likeness (QED) is 0.658. The molecule has 0 aliphatic heterocycles. The molecule has 0 fully saturated rings. The molecule has 3 N–H and O–H groups in total. The third kappa shape index (κ3) is 5.15. The molecule has 7 heteroatoms. The molecule has 3 rings (SSSR count). The molecule has 3 aromatic rings. The molecule has 6 nitrogen and oxygen atoms in total. The first-order chi connectivity index (χ1) is 13.0. The van der Waals surface area contributed by atoms with Gasteiger partial charge in [-0.3, -0.25) is 9.59 Å². The Balaban J connectivity index is 1.54. The second-order valence-corrected chi connectivity index (χ2v) is 6.97. The number of aryl methyl sites for hydroxylation is 1. The zero-order valence-corrected chi connectivity index (χ0v) is 15.6. The molecular formula is C20H19N3O3S. The van der Waals surface area contributed by atoms with E-state index in [4.69, 9.17) is 10.5 Å². The Morgan fingerprint density at radius 3 is 2.41 bits per heavy atom. The van der Waals surface area contributed by atoms with E-state index in [0.717, 1.165) is 21.8 Å². The largest absolute Gasteiger partial charge is 0.484 e. The molecule has 0 atom stereocenters. The highest BCUT2D eigenvalue weighted by molar-refractivity contribution is 7.09. The summed E-state index contributed by atoms with van der Waals surface area (Å²) >= 11 is 1.62. The molecule has 0 bridgehead atoms. The predicted octanol–water partition coefficient (Wildman–Crippen LogP) is 2.91. The summed E-state index contributed by atoms with van der Waals surface area (Å²) in [6.45, 7) is 2.21. The maximum absolute atomic E-state index is 12.3. The van der Waals surface area contributed by atoms with Crippen molar-refractivity contribution in [1.82, 2.24) is 10.3 Å². The van der Waals surface area contributed by atoms with Gasteiger partial charge in [0.25, 0.3) is 11.8 Å². The highest BCUT2D eigenvalue weighted by Crippen LogP contribution is 2.21. The van der Waals surface area contributed by atoms with Crippen LogP contribution >= 0.6 is 11.3 Å². The lowest BCUT2D eigenvalue weighted by Gasteiger charge is -2.08. The summed E-state index contributed by atoms with van der Waals surface area (Å²) in [5.41, 5.74) is 8.56. The lowest BCUT2D eigenvalue weighted by molar-refractivity contribution is -0.119. The Morgan fingerprint density at radius 2 is 1.81 bits per heavy atom. The lowest BCUT2D eigenvalue weighted by atomic mass is 10.1. The number of ether oxygens (including phenoxy) is 1. The smallest absolute Gasteiger partial charge is 0.255 e. The van der Waals surface area contributed by atoms with Crippen molar-refractivity contribution in [2.45, 2.75) is 13.5 Å². The summed E-state index contributed by atoms with van der Waals surface area (Å²) < 4.78 is 5.17. The molecular weight excluding hydrogens is 362 g/mol. The van der Waals surface area contributed by atoms with E-state index >= 15 is 0 Å². The molecule has 0 unspecified atom stereocenters. The second kappa shape index (κ2) is 8.46. The van der Waals surface area contributed by atoms with Crippen molar-refractivity contribution in [3.05, 3.63) is 70.0 Å². The van der Waals surface area contributed by atoms with E-state index in [1.165, 1.54) is 0 Å². The molecule has 2 amide bonds. The van der Waals surface area contributed by atoms with E-state index in [0.29, 0.717) is 17.9 Å². The van der Waals surface area contributed by atoms with Gasteiger partial charge in [0.2, 0.25) is 0 Å². The summed E-state index contributed by atoms with van der Waals surface area (Å²) in [6, 6.07) is 14.5. The minimum atomic E-state index is -0.548. The Bertz CT molecular complexity index is 934. The van der Waals surface area contributed by atoms with Crippen molar-refractivity contribution >= 4 is 23.2 Å². The van der Waals surface area contributed by atoms with Crippen LogP contribution in [0.2, 0.25) is 0 Å². The van der Waals surface area contributed by atoms with Crippen molar-refractivity contribution in [3.63, 3.8) is 0 Å². The number of benzene rings is 2. The average Bonchev–Trinajstić information content (AvgIpc) is 3.11. The molecule has 138 valence electrons. The number of hydrogen-bond donors (Lipinski definition) is 2. The Hall–Kier alpha value is -3.19. The summed E-state index contributed by atoms with van der Waals surface area (Å²) in [5.74, 6) is -0.248. The van der Waals surface area contributed by atoms with Crippen molar-refractivity contribution < 1.29 is 14.3 Å². The van der Waals surface area contributed by atoms with Crippen LogP contribution in [0.25, 0.3) is 11.3 Å². The minimum Gasteiger partial charge on any atom is -0.484 e. The van der Waals surface area contributed by atoms with Gasteiger partial charge in [0.15, 0.2) is 6.61 Å². The van der Waals surface area contributed by atoms with Crippen LogP contribution in [0.4, 0.5) is 0 Å². The molecule has 0 spiro atoms. The minimum absolute atomic E-state index is 0.185. The topological polar surface area (TPSA) is 94.3 Å². The highest BCUT2D eigenvalue weighted by atomic mass is 32.1. The maximum atomic E-state index is 12.3. The second-order valence-electron chi connectivity index (χ2n) is 5.91. The predicted molar refractivity (Wildman–Crippen MR) is 105 cm³/mol. The van der Waals surface area contributed by atoms with Crippen LogP contribution in [0.5, 0.6) is 5.75 Å². The number of rotatable bonds is 7. The number of aromatic nitrogens is 1. The van der Waals surface area contributed by atoms with Gasteiger partial charge in [0.1, 0.15) is 5.75 Å². The number of amides is 2. The summed E-state index contributed by atoms with van der Waals surface area (Å²) in [4.78, 5) is 27.4. The first-order valence-corrected chi connectivity index (χ1v) is 9.20. The average molecular weight is 381 g/mol. The van der Waals surface area contributed by atoms with E-state index in [9.17, 15) is 9.59 Å². The highest BCUT2D eigenvalue weighted by Gasteiger charge is 2.07. The van der Waals surface area contributed by atoms with Gasteiger partial charge in [-0.1, -0.05) is 24.3 Å². The Labute approximate surface area is 161 Å². The molecule has 0 saturated heterocycles. The van der Waals surface area contributed by atoms with Gasteiger partial charge in [0.05, 0.1) is 10.7 Å². The van der Waals surface area contributed by atoms with Crippen LogP contribution in [0.15, 0.2) is 53.9 Å². The fourth-order valence-corrected chi connectivity index (χ4v) is 3.05. The Morgan fingerprint density at radius 1 is 1.11 bits per heavy atom. The number of primary amides is 1. The summed E-state index contributed by atoms with van der Waals surface area (Å²) in [6.07, 6.45) is 0. The molecule has 2 aromatic carbocycles. The molecule has 1 aromatic heterocycles. The number of nitrogens with one attached hydrogen (secondary N) is 1. The van der Waals surface area contributed by atoms with Gasteiger partial charge in [-0.05, 0) is 36.8 Å². The van der Waals surface area contributed by atoms with E-state index in [2.05, 4.69) is 10.3 Å². The van der Waals surface area contributed by atoms with Crippen LogP contribution in [0.3, 0.4) is 0 Å². The van der Waals surface area contributed by atoms with Crippen LogP contribution in [0, 0.1) is 6.92 Å². The fourth-order valence-electron chi connectivity index (χ4n) is 2.43. The normalized spacial score (nSPS) is 10.4. The molecule has 0 aliphatic carbocycles. The number of carbonyl (C=O) groups is 2. The number of hydrogen-bond acceptors (Lipinski definition) is 5. The summed E-state index contributed by atoms with van der Waals surface area (Å²) in [5, 5.41) is 5.95. The van der Waals surface area contributed by atoms with E-state index in [1.807, 2.05) is 36.6 Å². The molecule has 0 radical (unpaired) electrons. The van der Waals surface area contributed by atoms with Crippen molar-refractivity contribution in [2.24, 2.45) is 5.73 Å². The van der Waals surface area contributed by atoms with Crippen molar-refractivity contribution in [2.75, 3.05) is 6.61 Å². The van der Waals surface area contributed by atoms with E-state index in [1.54, 1.807) is 35.6 Å². The van der Waals surface area contributed by atoms with Gasteiger partial charge in [-0.15, -0.1) is 11.3 Å². The molecule has 0 aliphatic rings. The maximum Gasteiger partial charge on any atom is 0.255 e. The van der Waals surface area contributed by atoms with Gasteiger partial charge in [-0.25, -0.2) is 4.98 Å². The first kappa shape index (κ1) is 18.6. The van der Waals surface area contributed by atoms with Crippen LogP contribution in [-0.4, -0.2) is 23.4 Å². The first-order valence-electron chi connectivity index (χ1n) is 8.32. The lowest BCUT2D eigenvalue weighted by Crippen LogP contribution is -2.22. The Kier molecular flexibility index (Phi) is 5.83. The molecule has 27 heavy (non-hydrogen) atoms. The third-order valence-corrected chi connectivity index (χ3v) is 4.59.